The first-order valence-corrected chi connectivity index (χ1v) is 6.95. The van der Waals surface area contributed by atoms with Crippen LogP contribution < -0.4 is 0 Å². The number of hydrogen-bond donors (Lipinski definition) is 1. The lowest BCUT2D eigenvalue weighted by molar-refractivity contribution is 0.670. The zero-order valence-electron chi connectivity index (χ0n) is 10.5. The number of nitrogens with zero attached hydrogens (tertiary/aromatic N) is 1. The van der Waals surface area contributed by atoms with Gasteiger partial charge in [-0.1, -0.05) is 36.7 Å². The highest BCUT2D eigenvalue weighted by Crippen LogP contribution is 2.33. The fourth-order valence-electron chi connectivity index (χ4n) is 2.84. The van der Waals surface area contributed by atoms with Crippen molar-refractivity contribution in [3.05, 3.63) is 51.8 Å². The number of fused-ring (bicyclic) bond motifs is 1. The SMILES string of the molecule is CC(c1ccccc1Cl)c1n[nH]c2c1CCCC2. The van der Waals surface area contributed by atoms with Gasteiger partial charge in [-0.3, -0.25) is 5.10 Å². The van der Waals surface area contributed by atoms with Crippen LogP contribution in [-0.2, 0) is 12.8 Å². The third kappa shape index (κ3) is 1.95. The van der Waals surface area contributed by atoms with Crippen molar-refractivity contribution in [2.75, 3.05) is 0 Å². The molecule has 1 aromatic carbocycles. The van der Waals surface area contributed by atoms with Crippen LogP contribution in [0.15, 0.2) is 24.3 Å². The summed E-state index contributed by atoms with van der Waals surface area (Å²) in [6, 6.07) is 8.05. The number of aryl methyl sites for hydroxylation is 1. The number of H-pyrrole nitrogens is 1. The molecule has 2 nitrogen and oxygen atoms in total. The molecule has 0 spiro atoms. The number of aromatic nitrogens is 2. The molecular weight excluding hydrogens is 244 g/mol. The summed E-state index contributed by atoms with van der Waals surface area (Å²) in [4.78, 5) is 0. The molecule has 0 aliphatic heterocycles. The van der Waals surface area contributed by atoms with Crippen LogP contribution in [0.1, 0.15) is 48.2 Å². The Bertz CT molecular complexity index is 559. The lowest BCUT2D eigenvalue weighted by atomic mass is 9.89. The largest absolute Gasteiger partial charge is 0.282 e. The lowest BCUT2D eigenvalue weighted by Crippen LogP contribution is -2.05. The summed E-state index contributed by atoms with van der Waals surface area (Å²) in [7, 11) is 0. The number of nitrogens with one attached hydrogen (secondary N) is 1. The van der Waals surface area contributed by atoms with Crippen molar-refractivity contribution < 1.29 is 0 Å². The monoisotopic (exact) mass is 260 g/mol. The first-order chi connectivity index (χ1) is 8.77. The molecule has 0 bridgehead atoms. The molecular formula is C15H17ClN2. The quantitative estimate of drug-likeness (QED) is 0.866. The normalized spacial score (nSPS) is 16.3. The maximum absolute atomic E-state index is 6.28. The molecule has 0 fully saturated rings. The summed E-state index contributed by atoms with van der Waals surface area (Å²) in [6.45, 7) is 2.19. The minimum absolute atomic E-state index is 0.261. The van der Waals surface area contributed by atoms with Gasteiger partial charge in [0.2, 0.25) is 0 Å². The topological polar surface area (TPSA) is 28.7 Å². The number of benzene rings is 1. The van der Waals surface area contributed by atoms with Crippen LogP contribution in [0.25, 0.3) is 0 Å². The summed E-state index contributed by atoms with van der Waals surface area (Å²) in [5.74, 6) is 0.261. The van der Waals surface area contributed by atoms with E-state index in [0.29, 0.717) is 0 Å². The molecule has 0 saturated carbocycles. The van der Waals surface area contributed by atoms with Gasteiger partial charge in [0.1, 0.15) is 0 Å². The third-order valence-corrected chi connectivity index (χ3v) is 4.21. The van der Waals surface area contributed by atoms with Crippen LogP contribution >= 0.6 is 11.6 Å². The molecule has 1 aliphatic carbocycles. The standard InChI is InChI=1S/C15H17ClN2/c1-10(11-6-2-4-8-13(11)16)15-12-7-3-5-9-14(12)17-18-15/h2,4,6,8,10H,3,5,7,9H2,1H3,(H,17,18). The minimum Gasteiger partial charge on any atom is -0.282 e. The van der Waals surface area contributed by atoms with Gasteiger partial charge in [0.05, 0.1) is 5.69 Å². The number of aromatic amines is 1. The molecule has 18 heavy (non-hydrogen) atoms. The maximum Gasteiger partial charge on any atom is 0.0729 e. The fraction of sp³-hybridized carbons (Fsp3) is 0.400. The maximum atomic E-state index is 6.28. The zero-order chi connectivity index (χ0) is 12.5. The van der Waals surface area contributed by atoms with Gasteiger partial charge in [0.15, 0.2) is 0 Å². The van der Waals surface area contributed by atoms with Gasteiger partial charge in [0, 0.05) is 16.6 Å². The Hall–Kier alpha value is -1.28. The highest BCUT2D eigenvalue weighted by Gasteiger charge is 2.22. The van der Waals surface area contributed by atoms with Gasteiger partial charge in [-0.05, 0) is 42.9 Å². The van der Waals surface area contributed by atoms with Crippen molar-refractivity contribution in [2.45, 2.75) is 38.5 Å². The van der Waals surface area contributed by atoms with Crippen molar-refractivity contribution in [2.24, 2.45) is 0 Å². The molecule has 0 saturated heterocycles. The van der Waals surface area contributed by atoms with Gasteiger partial charge in [0.25, 0.3) is 0 Å². The van der Waals surface area contributed by atoms with Gasteiger partial charge in [-0.2, -0.15) is 5.10 Å². The van der Waals surface area contributed by atoms with Gasteiger partial charge in [-0.15, -0.1) is 0 Å². The van der Waals surface area contributed by atoms with Crippen LogP contribution in [0.5, 0.6) is 0 Å². The molecule has 2 aromatic rings. The molecule has 1 aliphatic rings. The van der Waals surface area contributed by atoms with E-state index in [-0.39, 0.29) is 5.92 Å². The fourth-order valence-corrected chi connectivity index (χ4v) is 3.14. The number of hydrogen-bond acceptors (Lipinski definition) is 1. The number of rotatable bonds is 2. The van der Waals surface area contributed by atoms with Gasteiger partial charge in [-0.25, -0.2) is 0 Å². The molecule has 1 heterocycles. The molecule has 1 N–H and O–H groups in total. The van der Waals surface area contributed by atoms with Crippen LogP contribution in [0.3, 0.4) is 0 Å². The van der Waals surface area contributed by atoms with E-state index in [4.69, 9.17) is 11.6 Å². The first kappa shape index (κ1) is 11.8. The predicted molar refractivity (Wildman–Crippen MR) is 74.2 cm³/mol. The summed E-state index contributed by atoms with van der Waals surface area (Å²) in [5, 5.41) is 8.57. The summed E-state index contributed by atoms with van der Waals surface area (Å²) in [5.41, 5.74) is 5.10. The zero-order valence-corrected chi connectivity index (χ0v) is 11.3. The summed E-state index contributed by atoms with van der Waals surface area (Å²) >= 11 is 6.28. The smallest absolute Gasteiger partial charge is 0.0729 e. The Morgan fingerprint density at radius 2 is 2.00 bits per heavy atom. The first-order valence-electron chi connectivity index (χ1n) is 6.58. The third-order valence-electron chi connectivity index (χ3n) is 3.87. The van der Waals surface area contributed by atoms with Gasteiger partial charge < -0.3 is 0 Å². The Morgan fingerprint density at radius 1 is 1.22 bits per heavy atom. The van der Waals surface area contributed by atoms with Crippen LogP contribution in [0, 0.1) is 0 Å². The van der Waals surface area contributed by atoms with E-state index >= 15 is 0 Å². The Morgan fingerprint density at radius 3 is 2.83 bits per heavy atom. The van der Waals surface area contributed by atoms with E-state index in [9.17, 15) is 0 Å². The molecule has 1 atom stereocenters. The van der Waals surface area contributed by atoms with E-state index in [1.165, 1.54) is 35.4 Å². The summed E-state index contributed by atoms with van der Waals surface area (Å²) < 4.78 is 0. The van der Waals surface area contributed by atoms with Crippen molar-refractivity contribution in [1.82, 2.24) is 10.2 Å². The van der Waals surface area contributed by atoms with E-state index in [1.54, 1.807) is 0 Å². The Kier molecular flexibility index (Phi) is 3.13. The average Bonchev–Trinajstić information content (AvgIpc) is 2.82. The minimum atomic E-state index is 0.261. The Labute approximate surface area is 112 Å². The highest BCUT2D eigenvalue weighted by molar-refractivity contribution is 6.31. The van der Waals surface area contributed by atoms with E-state index in [2.05, 4.69) is 23.2 Å². The van der Waals surface area contributed by atoms with Crippen molar-refractivity contribution in [3.8, 4) is 0 Å². The second-order valence-corrected chi connectivity index (χ2v) is 5.42. The number of halogens is 1. The molecule has 0 radical (unpaired) electrons. The van der Waals surface area contributed by atoms with Crippen molar-refractivity contribution in [3.63, 3.8) is 0 Å². The molecule has 1 unspecified atom stereocenters. The predicted octanol–water partition coefficient (Wildman–Crippen LogP) is 4.09. The Balaban J connectivity index is 2.00. The van der Waals surface area contributed by atoms with Crippen LogP contribution in [0.4, 0.5) is 0 Å². The average molecular weight is 261 g/mol. The molecule has 3 heteroatoms. The second-order valence-electron chi connectivity index (χ2n) is 5.02. The molecule has 1 aromatic heterocycles. The van der Waals surface area contributed by atoms with E-state index in [1.807, 2.05) is 18.2 Å². The summed E-state index contributed by atoms with van der Waals surface area (Å²) in [6.07, 6.45) is 4.83. The van der Waals surface area contributed by atoms with Gasteiger partial charge >= 0.3 is 0 Å². The molecule has 94 valence electrons. The van der Waals surface area contributed by atoms with Crippen molar-refractivity contribution >= 4 is 11.6 Å². The van der Waals surface area contributed by atoms with Crippen LogP contribution in [-0.4, -0.2) is 10.2 Å². The lowest BCUT2D eigenvalue weighted by Gasteiger charge is -2.16. The highest BCUT2D eigenvalue weighted by atomic mass is 35.5. The molecule has 0 amide bonds. The van der Waals surface area contributed by atoms with E-state index < -0.39 is 0 Å². The second kappa shape index (κ2) is 4.77. The van der Waals surface area contributed by atoms with Crippen molar-refractivity contribution in [1.29, 1.82) is 0 Å². The van der Waals surface area contributed by atoms with E-state index in [0.717, 1.165) is 17.9 Å². The molecule has 3 rings (SSSR count). The van der Waals surface area contributed by atoms with Crippen LogP contribution in [0.2, 0.25) is 5.02 Å².